The highest BCUT2D eigenvalue weighted by Crippen LogP contribution is 2.49. The Morgan fingerprint density at radius 1 is 1.39 bits per heavy atom. The van der Waals surface area contributed by atoms with Gasteiger partial charge in [-0.25, -0.2) is 18.8 Å². The molecule has 33 heavy (non-hydrogen) atoms. The number of hydrogen-bond donors (Lipinski definition) is 2. The Bertz CT molecular complexity index is 1000. The van der Waals surface area contributed by atoms with Crippen LogP contribution in [0.25, 0.3) is 0 Å². The molecule has 1 aromatic carbocycles. The highest BCUT2D eigenvalue weighted by Gasteiger charge is 2.54. The first-order valence-electron chi connectivity index (χ1n) is 10.1. The van der Waals surface area contributed by atoms with E-state index in [4.69, 9.17) is 10.6 Å². The Hall–Kier alpha value is -2.41. The number of anilines is 1. The molecule has 0 bridgehead atoms. The Labute approximate surface area is 191 Å². The molecule has 2 saturated heterocycles. The van der Waals surface area contributed by atoms with Gasteiger partial charge in [-0.1, -0.05) is 0 Å². The standard InChI is InChI=1S/C21H22F4N4O3S/c22-8-18-15-10-33-11-29(26)21(15,5-6-31-18)14-7-12(1-3-16(14)23)28-19(30)17-4-2-13(9-27-17)32-20(24)25/h1-4,7,9,15,18,20H,5-6,8,10-11,26H2,(H,28,30)/t15-,18+,21+/m1/s1. The molecule has 2 aliphatic rings. The van der Waals surface area contributed by atoms with Crippen LogP contribution in [0.2, 0.25) is 0 Å². The van der Waals surface area contributed by atoms with Crippen molar-refractivity contribution >= 4 is 23.4 Å². The van der Waals surface area contributed by atoms with Gasteiger partial charge in [-0.15, -0.1) is 11.8 Å². The first-order chi connectivity index (χ1) is 15.8. The van der Waals surface area contributed by atoms with Crippen LogP contribution in [-0.4, -0.2) is 53.5 Å². The van der Waals surface area contributed by atoms with Crippen molar-refractivity contribution in [3.8, 4) is 5.75 Å². The number of pyridine rings is 1. The van der Waals surface area contributed by atoms with Gasteiger partial charge in [0.2, 0.25) is 0 Å². The number of benzene rings is 1. The minimum atomic E-state index is -3.00. The zero-order valence-electron chi connectivity index (χ0n) is 17.3. The number of amides is 1. The summed E-state index contributed by atoms with van der Waals surface area (Å²) >= 11 is 1.52. The van der Waals surface area contributed by atoms with Gasteiger partial charge >= 0.3 is 6.61 Å². The molecule has 2 aromatic rings. The maximum atomic E-state index is 15.1. The molecule has 0 spiro atoms. The molecule has 7 nitrogen and oxygen atoms in total. The molecular weight excluding hydrogens is 464 g/mol. The van der Waals surface area contributed by atoms with Gasteiger partial charge < -0.3 is 14.8 Å². The molecule has 1 aromatic heterocycles. The zero-order valence-corrected chi connectivity index (χ0v) is 18.2. The average molecular weight is 486 g/mol. The van der Waals surface area contributed by atoms with Crippen molar-refractivity contribution in [3.63, 3.8) is 0 Å². The highest BCUT2D eigenvalue weighted by atomic mass is 32.2. The number of nitrogens with one attached hydrogen (secondary N) is 1. The molecule has 2 fully saturated rings. The number of fused-ring (bicyclic) bond motifs is 1. The third kappa shape index (κ3) is 4.65. The van der Waals surface area contributed by atoms with E-state index in [2.05, 4.69) is 15.0 Å². The Morgan fingerprint density at radius 2 is 2.21 bits per heavy atom. The van der Waals surface area contributed by atoms with Crippen molar-refractivity contribution in [2.24, 2.45) is 11.8 Å². The van der Waals surface area contributed by atoms with Crippen LogP contribution in [0.4, 0.5) is 23.2 Å². The molecular formula is C21H22F4N4O3S. The minimum Gasteiger partial charge on any atom is -0.433 e. The highest BCUT2D eigenvalue weighted by molar-refractivity contribution is 7.99. The van der Waals surface area contributed by atoms with E-state index in [0.717, 1.165) is 6.20 Å². The normalized spacial score (nSPS) is 25.5. The Kier molecular flexibility index (Phi) is 7.07. The number of ether oxygens (including phenoxy) is 2. The van der Waals surface area contributed by atoms with Gasteiger partial charge in [0, 0.05) is 29.5 Å². The van der Waals surface area contributed by atoms with Crippen molar-refractivity contribution in [1.29, 1.82) is 0 Å². The number of hydrazine groups is 1. The van der Waals surface area contributed by atoms with Crippen LogP contribution in [0.15, 0.2) is 36.5 Å². The van der Waals surface area contributed by atoms with Gasteiger partial charge in [0.1, 0.15) is 23.9 Å². The molecule has 3 heterocycles. The summed E-state index contributed by atoms with van der Waals surface area (Å²) in [5, 5.41) is 4.16. The molecule has 12 heteroatoms. The van der Waals surface area contributed by atoms with Crippen molar-refractivity contribution in [1.82, 2.24) is 9.99 Å². The fraction of sp³-hybridized carbons (Fsp3) is 0.429. The predicted molar refractivity (Wildman–Crippen MR) is 114 cm³/mol. The molecule has 1 amide bonds. The fourth-order valence-corrected chi connectivity index (χ4v) is 5.71. The number of rotatable bonds is 6. The number of carbonyl (C=O) groups is 1. The van der Waals surface area contributed by atoms with E-state index in [-0.39, 0.29) is 35.2 Å². The van der Waals surface area contributed by atoms with E-state index in [1.165, 1.54) is 47.1 Å². The summed E-state index contributed by atoms with van der Waals surface area (Å²) in [6.45, 7) is -3.50. The average Bonchev–Trinajstić information content (AvgIpc) is 2.80. The van der Waals surface area contributed by atoms with E-state index in [1.807, 2.05) is 0 Å². The molecule has 0 radical (unpaired) electrons. The van der Waals surface area contributed by atoms with E-state index in [9.17, 15) is 18.0 Å². The number of thioether (sulfide) groups is 1. The number of alkyl halides is 3. The van der Waals surface area contributed by atoms with Crippen molar-refractivity contribution in [3.05, 3.63) is 53.6 Å². The summed E-state index contributed by atoms with van der Waals surface area (Å²) < 4.78 is 63.2. The summed E-state index contributed by atoms with van der Waals surface area (Å²) in [7, 11) is 0. The number of halogens is 4. The van der Waals surface area contributed by atoms with Crippen molar-refractivity contribution < 1.29 is 31.8 Å². The summed E-state index contributed by atoms with van der Waals surface area (Å²) in [5.74, 6) is 5.61. The predicted octanol–water partition coefficient (Wildman–Crippen LogP) is 3.52. The van der Waals surface area contributed by atoms with Crippen LogP contribution in [0.3, 0.4) is 0 Å². The number of nitrogens with two attached hydrogens (primary N) is 1. The quantitative estimate of drug-likeness (QED) is 0.477. The maximum Gasteiger partial charge on any atom is 0.387 e. The van der Waals surface area contributed by atoms with E-state index in [0.29, 0.717) is 18.1 Å². The van der Waals surface area contributed by atoms with Crippen LogP contribution in [0.5, 0.6) is 5.75 Å². The number of carbonyl (C=O) groups excluding carboxylic acids is 1. The number of nitrogens with zero attached hydrogens (tertiary/aromatic N) is 2. The molecule has 178 valence electrons. The first kappa shape index (κ1) is 23.7. The zero-order chi connectivity index (χ0) is 23.6. The third-order valence-corrected chi connectivity index (χ3v) is 7.01. The van der Waals surface area contributed by atoms with Gasteiger partial charge in [-0.2, -0.15) is 8.78 Å². The topological polar surface area (TPSA) is 89.7 Å². The van der Waals surface area contributed by atoms with Crippen molar-refractivity contribution in [2.45, 2.75) is 24.7 Å². The third-order valence-electron chi connectivity index (χ3n) is 5.95. The number of aromatic nitrogens is 1. The summed E-state index contributed by atoms with van der Waals surface area (Å²) in [5.41, 5.74) is -0.494. The van der Waals surface area contributed by atoms with Gasteiger partial charge in [0.25, 0.3) is 5.91 Å². The Balaban J connectivity index is 1.61. The molecule has 3 N–H and O–H groups in total. The summed E-state index contributed by atoms with van der Waals surface area (Å²) in [4.78, 5) is 16.4. The largest absolute Gasteiger partial charge is 0.433 e. The number of hydrogen-bond acceptors (Lipinski definition) is 7. The summed E-state index contributed by atoms with van der Waals surface area (Å²) in [6.07, 6.45) is 0.659. The Morgan fingerprint density at radius 3 is 2.91 bits per heavy atom. The van der Waals surface area contributed by atoms with Crippen LogP contribution < -0.4 is 15.9 Å². The van der Waals surface area contributed by atoms with E-state index < -0.39 is 36.7 Å². The monoisotopic (exact) mass is 486 g/mol. The minimum absolute atomic E-state index is 0.0448. The lowest BCUT2D eigenvalue weighted by Gasteiger charge is -2.54. The van der Waals surface area contributed by atoms with Gasteiger partial charge in [0.05, 0.1) is 23.7 Å². The van der Waals surface area contributed by atoms with Gasteiger partial charge in [-0.05, 0) is 36.8 Å². The van der Waals surface area contributed by atoms with E-state index in [1.54, 1.807) is 0 Å². The second kappa shape index (κ2) is 9.84. The molecule has 4 rings (SSSR count). The molecule has 0 saturated carbocycles. The van der Waals surface area contributed by atoms with Crippen LogP contribution in [-0.2, 0) is 10.3 Å². The van der Waals surface area contributed by atoms with Crippen LogP contribution in [0, 0.1) is 11.7 Å². The summed E-state index contributed by atoms with van der Waals surface area (Å²) in [6, 6.07) is 6.53. The lowest BCUT2D eigenvalue weighted by molar-refractivity contribution is -0.127. The SMILES string of the molecule is NN1CSC[C@@H]2[C@H](CF)OCC[C@]21c1cc(NC(=O)c2ccc(OC(F)F)cn2)ccc1F. The van der Waals surface area contributed by atoms with Crippen LogP contribution >= 0.6 is 11.8 Å². The molecule has 0 aliphatic carbocycles. The van der Waals surface area contributed by atoms with E-state index >= 15 is 4.39 Å². The van der Waals surface area contributed by atoms with Crippen LogP contribution in [0.1, 0.15) is 22.5 Å². The fourth-order valence-electron chi connectivity index (χ4n) is 4.43. The van der Waals surface area contributed by atoms with Gasteiger partial charge in [-0.3, -0.25) is 10.6 Å². The second-order valence-electron chi connectivity index (χ2n) is 7.72. The molecule has 2 aliphatic heterocycles. The lowest BCUT2D eigenvalue weighted by Crippen LogP contribution is -2.64. The molecule has 3 atom stereocenters. The van der Waals surface area contributed by atoms with Gasteiger partial charge in [0.15, 0.2) is 0 Å². The smallest absolute Gasteiger partial charge is 0.387 e. The molecule has 0 unspecified atom stereocenters. The second-order valence-corrected chi connectivity index (χ2v) is 8.72. The maximum absolute atomic E-state index is 15.1. The first-order valence-corrected chi connectivity index (χ1v) is 11.3. The van der Waals surface area contributed by atoms with Crippen molar-refractivity contribution in [2.75, 3.05) is 30.2 Å². The lowest BCUT2D eigenvalue weighted by atomic mass is 9.71.